The molecule has 0 aromatic carbocycles. The summed E-state index contributed by atoms with van der Waals surface area (Å²) in [4.78, 5) is 0. The van der Waals surface area contributed by atoms with E-state index in [0.29, 0.717) is 0 Å². The van der Waals surface area contributed by atoms with Gasteiger partial charge in [-0.3, -0.25) is 0 Å². The zero-order valence-corrected chi connectivity index (χ0v) is 18.9. The van der Waals surface area contributed by atoms with E-state index >= 15 is 0 Å². The molecule has 0 bridgehead atoms. The highest BCUT2D eigenvalue weighted by molar-refractivity contribution is 5.01. The molecule has 2 aliphatic heterocycles. The molecule has 15 heteroatoms. The van der Waals surface area contributed by atoms with E-state index in [-0.39, 0.29) is 19.5 Å². The van der Waals surface area contributed by atoms with Gasteiger partial charge in [0.2, 0.25) is 0 Å². The number of nitrogens with two attached hydrogens (primary N) is 4. The van der Waals surface area contributed by atoms with Crippen LogP contribution in [0.15, 0.2) is 0 Å². The van der Waals surface area contributed by atoms with Crippen molar-refractivity contribution in [3.8, 4) is 0 Å². The largest absolute Gasteiger partial charge is 0.389 e. The lowest BCUT2D eigenvalue weighted by molar-refractivity contribution is -0.330. The predicted molar refractivity (Wildman–Crippen MR) is 115 cm³/mol. The van der Waals surface area contributed by atoms with Gasteiger partial charge in [0.1, 0.15) is 54.9 Å². The molecule has 15 N–H and O–H groups in total. The molecule has 3 fully saturated rings. The van der Waals surface area contributed by atoms with E-state index in [0.717, 1.165) is 0 Å². The van der Waals surface area contributed by atoms with Crippen LogP contribution in [0.25, 0.3) is 0 Å². The summed E-state index contributed by atoms with van der Waals surface area (Å²) >= 11 is 0. The minimum Gasteiger partial charge on any atom is -0.389 e. The molecule has 2 heterocycles. The third-order valence-corrected chi connectivity index (χ3v) is 6.71. The summed E-state index contributed by atoms with van der Waals surface area (Å²) < 4.78 is 22.7. The van der Waals surface area contributed by atoms with Crippen molar-refractivity contribution in [3.63, 3.8) is 0 Å². The molecule has 0 spiro atoms. The molecule has 200 valence electrons. The fourth-order valence-electron chi connectivity index (χ4n) is 4.62. The second-order valence-electron chi connectivity index (χ2n) is 9.16. The molecular weight excluding hydrogens is 458 g/mol. The highest BCUT2D eigenvalue weighted by atomic mass is 16.7. The van der Waals surface area contributed by atoms with Gasteiger partial charge < -0.3 is 77.8 Å². The maximum atomic E-state index is 11.0. The van der Waals surface area contributed by atoms with Crippen LogP contribution in [0.3, 0.4) is 0 Å². The first kappa shape index (κ1) is 28.0. The van der Waals surface area contributed by atoms with Gasteiger partial charge in [0.15, 0.2) is 12.6 Å². The third-order valence-electron chi connectivity index (χ3n) is 6.71. The fourth-order valence-corrected chi connectivity index (χ4v) is 4.62. The molecule has 0 aromatic heterocycles. The smallest absolute Gasteiger partial charge is 0.187 e. The number of likely N-dealkylation sites (N-methyl/N-ethyl adjacent to an activating group) is 1. The maximum Gasteiger partial charge on any atom is 0.187 e. The molecular formula is C19H39N5O10. The molecule has 0 radical (unpaired) electrons. The molecule has 3 aliphatic rings. The molecule has 15 atom stereocenters. The van der Waals surface area contributed by atoms with E-state index in [1.807, 2.05) is 0 Å². The second kappa shape index (κ2) is 11.6. The van der Waals surface area contributed by atoms with Crippen molar-refractivity contribution in [2.75, 3.05) is 20.1 Å². The van der Waals surface area contributed by atoms with Crippen LogP contribution in [-0.2, 0) is 18.9 Å². The Bertz CT molecular complexity index is 653. The van der Waals surface area contributed by atoms with Crippen molar-refractivity contribution in [3.05, 3.63) is 0 Å². The highest BCUT2D eigenvalue weighted by Gasteiger charge is 2.51. The summed E-state index contributed by atoms with van der Waals surface area (Å²) in [7, 11) is 1.65. The van der Waals surface area contributed by atoms with Crippen LogP contribution >= 0.6 is 0 Å². The Kier molecular flexibility index (Phi) is 9.57. The number of aliphatic hydroxyl groups excluding tert-OH is 6. The summed E-state index contributed by atoms with van der Waals surface area (Å²) in [6, 6.07) is -2.66. The van der Waals surface area contributed by atoms with E-state index in [4.69, 9.17) is 41.9 Å². The van der Waals surface area contributed by atoms with Gasteiger partial charge in [-0.1, -0.05) is 0 Å². The molecule has 1 saturated carbocycles. The first-order valence-electron chi connectivity index (χ1n) is 11.3. The van der Waals surface area contributed by atoms with Gasteiger partial charge in [-0.2, -0.15) is 0 Å². The average molecular weight is 498 g/mol. The Morgan fingerprint density at radius 2 is 1.26 bits per heavy atom. The van der Waals surface area contributed by atoms with Gasteiger partial charge in [0.05, 0.1) is 12.1 Å². The van der Waals surface area contributed by atoms with E-state index in [1.165, 1.54) is 0 Å². The molecule has 0 unspecified atom stereocenters. The zero-order valence-electron chi connectivity index (χ0n) is 18.9. The Morgan fingerprint density at radius 3 is 1.79 bits per heavy atom. The van der Waals surface area contributed by atoms with Crippen LogP contribution < -0.4 is 28.3 Å². The summed E-state index contributed by atoms with van der Waals surface area (Å²) in [6.45, 7) is 0.0716. The maximum absolute atomic E-state index is 11.0. The van der Waals surface area contributed by atoms with Crippen LogP contribution in [0.2, 0.25) is 0 Å². The van der Waals surface area contributed by atoms with Gasteiger partial charge >= 0.3 is 0 Å². The zero-order chi connectivity index (χ0) is 25.3. The Morgan fingerprint density at radius 1 is 0.735 bits per heavy atom. The van der Waals surface area contributed by atoms with E-state index in [2.05, 4.69) is 5.32 Å². The number of hydrogen-bond acceptors (Lipinski definition) is 15. The van der Waals surface area contributed by atoms with Crippen LogP contribution in [-0.4, -0.2) is 143 Å². The number of nitrogens with one attached hydrogen (secondary N) is 1. The number of aliphatic hydroxyl groups is 6. The fraction of sp³-hybridized carbons (Fsp3) is 1.00. The van der Waals surface area contributed by atoms with Gasteiger partial charge in [-0.25, -0.2) is 0 Å². The molecule has 3 rings (SSSR count). The van der Waals surface area contributed by atoms with Gasteiger partial charge in [-0.15, -0.1) is 0 Å². The summed E-state index contributed by atoms with van der Waals surface area (Å²) in [5, 5.41) is 64.9. The lowest BCUT2D eigenvalue weighted by atomic mass is 9.84. The van der Waals surface area contributed by atoms with E-state index in [1.54, 1.807) is 7.05 Å². The number of ether oxygens (including phenoxy) is 4. The van der Waals surface area contributed by atoms with Crippen molar-refractivity contribution < 1.29 is 49.6 Å². The summed E-state index contributed by atoms with van der Waals surface area (Å²) in [6.07, 6.45) is -15.4. The van der Waals surface area contributed by atoms with Crippen molar-refractivity contribution in [1.82, 2.24) is 5.32 Å². The highest BCUT2D eigenvalue weighted by Crippen LogP contribution is 2.31. The van der Waals surface area contributed by atoms with E-state index in [9.17, 15) is 30.6 Å². The normalized spacial score (nSPS) is 52.5. The lowest BCUT2D eigenvalue weighted by Crippen LogP contribution is -2.68. The topological polar surface area (TPSA) is 274 Å². The quantitative estimate of drug-likeness (QED) is 0.156. The second-order valence-corrected chi connectivity index (χ2v) is 9.16. The van der Waals surface area contributed by atoms with Crippen LogP contribution in [0.5, 0.6) is 0 Å². The third kappa shape index (κ3) is 5.54. The SMILES string of the molecule is CNC[C@H]1O[C@@H](O[C@@H]2[C@@H](O)[C@@H](O[C@@H]3O[C@H](CN)[C@@H](O)[C@H](O)[C@H]3O)[C@@H](N)C[C@H]2N)[C@H](O)[C@@H](N)[C@@H]1O. The van der Waals surface area contributed by atoms with Gasteiger partial charge in [-0.05, 0) is 13.5 Å². The van der Waals surface area contributed by atoms with Crippen LogP contribution in [0.4, 0.5) is 0 Å². The van der Waals surface area contributed by atoms with Crippen molar-refractivity contribution >= 4 is 0 Å². The minimum absolute atomic E-state index is 0.123. The summed E-state index contributed by atoms with van der Waals surface area (Å²) in [5.41, 5.74) is 23.8. The van der Waals surface area contributed by atoms with Crippen LogP contribution in [0.1, 0.15) is 6.42 Å². The molecule has 15 nitrogen and oxygen atoms in total. The minimum atomic E-state index is -1.64. The molecule has 34 heavy (non-hydrogen) atoms. The molecule has 1 aliphatic carbocycles. The van der Waals surface area contributed by atoms with Gasteiger partial charge in [0.25, 0.3) is 0 Å². The number of hydrogen-bond donors (Lipinski definition) is 11. The lowest BCUT2D eigenvalue weighted by Gasteiger charge is -2.48. The summed E-state index contributed by atoms with van der Waals surface area (Å²) in [5.74, 6) is 0. The van der Waals surface area contributed by atoms with Crippen LogP contribution in [0, 0.1) is 0 Å². The first-order valence-corrected chi connectivity index (χ1v) is 11.3. The Hall–Kier alpha value is -0.600. The standard InChI is InChI=1S/C19H39N5O10/c1-24-4-8-10(25)9(23)12(27)18(32-8)33-16-5(21)2-6(22)17(15(16)30)34-19-14(29)13(28)11(26)7(3-20)31-19/h5-19,24-30H,2-4,20-23H2,1H3/t5-,6+,7-,8-,9+,10-,11-,12-,13+,14-,15-,16+,17+,18+,19+/m1/s1. The van der Waals surface area contributed by atoms with Crippen molar-refractivity contribution in [2.24, 2.45) is 22.9 Å². The Labute approximate surface area is 196 Å². The Balaban J connectivity index is 1.72. The molecule has 0 aromatic rings. The van der Waals surface area contributed by atoms with Crippen molar-refractivity contribution in [1.29, 1.82) is 0 Å². The first-order chi connectivity index (χ1) is 16.0. The van der Waals surface area contributed by atoms with E-state index < -0.39 is 91.7 Å². The number of rotatable bonds is 7. The average Bonchev–Trinajstić information content (AvgIpc) is 2.80. The van der Waals surface area contributed by atoms with Crippen molar-refractivity contribution in [2.45, 2.75) is 98.2 Å². The van der Waals surface area contributed by atoms with Gasteiger partial charge in [0, 0.05) is 25.2 Å². The monoisotopic (exact) mass is 497 g/mol. The molecule has 2 saturated heterocycles. The molecule has 0 amide bonds. The predicted octanol–water partition coefficient (Wildman–Crippen LogP) is -7.06.